The molecule has 0 fully saturated rings. The molecule has 4 nitrogen and oxygen atoms in total. The van der Waals surface area contributed by atoms with Crippen LogP contribution in [0.3, 0.4) is 0 Å². The molecule has 1 aromatic rings. The van der Waals surface area contributed by atoms with E-state index in [9.17, 15) is 18.0 Å². The molecule has 19 heavy (non-hydrogen) atoms. The first-order valence-electron chi connectivity index (χ1n) is 5.34. The van der Waals surface area contributed by atoms with Crippen molar-refractivity contribution < 1.29 is 22.7 Å². The Balaban J connectivity index is 2.42. The standard InChI is InChI=1S/C11H13F3N2O2S/c12-11(13,14)19-7-10(17)16-8-1-3-9(4-2-8)18-6-5-15/h1-4H,5-7,15H2,(H,16,17). The van der Waals surface area contributed by atoms with Gasteiger partial charge in [-0.1, -0.05) is 0 Å². The van der Waals surface area contributed by atoms with Crippen molar-refractivity contribution >= 4 is 23.4 Å². The van der Waals surface area contributed by atoms with E-state index in [1.807, 2.05) is 0 Å². The third-order valence-electron chi connectivity index (χ3n) is 1.89. The quantitative estimate of drug-likeness (QED) is 0.844. The lowest BCUT2D eigenvalue weighted by Gasteiger charge is -2.08. The number of hydrogen-bond acceptors (Lipinski definition) is 4. The van der Waals surface area contributed by atoms with E-state index in [-0.39, 0.29) is 11.8 Å². The van der Waals surface area contributed by atoms with E-state index in [0.29, 0.717) is 24.6 Å². The van der Waals surface area contributed by atoms with Gasteiger partial charge in [0.15, 0.2) is 0 Å². The van der Waals surface area contributed by atoms with Crippen molar-refractivity contribution in [2.24, 2.45) is 5.73 Å². The summed E-state index contributed by atoms with van der Waals surface area (Å²) in [5.74, 6) is -0.805. The first-order chi connectivity index (χ1) is 8.90. The Labute approximate surface area is 112 Å². The molecule has 106 valence electrons. The molecule has 0 radical (unpaired) electrons. The molecule has 0 aliphatic heterocycles. The SMILES string of the molecule is NCCOc1ccc(NC(=O)CSC(F)(F)F)cc1. The van der Waals surface area contributed by atoms with Crippen molar-refractivity contribution in [3.05, 3.63) is 24.3 Å². The van der Waals surface area contributed by atoms with Gasteiger partial charge in [-0.15, -0.1) is 0 Å². The Kier molecular flexibility index (Phi) is 5.97. The van der Waals surface area contributed by atoms with Gasteiger partial charge in [0.25, 0.3) is 0 Å². The van der Waals surface area contributed by atoms with Crippen LogP contribution in [0.1, 0.15) is 0 Å². The summed E-state index contributed by atoms with van der Waals surface area (Å²) >= 11 is -0.375. The van der Waals surface area contributed by atoms with Crippen LogP contribution in [0, 0.1) is 0 Å². The van der Waals surface area contributed by atoms with Crippen LogP contribution < -0.4 is 15.8 Å². The van der Waals surface area contributed by atoms with Gasteiger partial charge in [-0.2, -0.15) is 13.2 Å². The van der Waals surface area contributed by atoms with E-state index >= 15 is 0 Å². The van der Waals surface area contributed by atoms with E-state index in [0.717, 1.165) is 0 Å². The number of nitrogens with one attached hydrogen (secondary N) is 1. The summed E-state index contributed by atoms with van der Waals surface area (Å²) in [6.07, 6.45) is 0. The van der Waals surface area contributed by atoms with Crippen LogP contribution in [0.25, 0.3) is 0 Å². The predicted molar refractivity (Wildman–Crippen MR) is 68.1 cm³/mol. The number of amides is 1. The first kappa shape index (κ1) is 15.6. The molecule has 0 heterocycles. The summed E-state index contributed by atoms with van der Waals surface area (Å²) in [4.78, 5) is 11.2. The number of thioether (sulfide) groups is 1. The van der Waals surface area contributed by atoms with Crippen molar-refractivity contribution in [3.8, 4) is 5.75 Å². The van der Waals surface area contributed by atoms with Gasteiger partial charge in [-0.25, -0.2) is 0 Å². The Morgan fingerprint density at radius 1 is 1.32 bits per heavy atom. The van der Waals surface area contributed by atoms with E-state index in [1.54, 1.807) is 24.3 Å². The number of ether oxygens (including phenoxy) is 1. The molecule has 0 aliphatic rings. The van der Waals surface area contributed by atoms with E-state index in [2.05, 4.69) is 5.32 Å². The Hall–Kier alpha value is -1.41. The van der Waals surface area contributed by atoms with Crippen LogP contribution in [0.4, 0.5) is 18.9 Å². The molecule has 1 amide bonds. The normalized spacial score (nSPS) is 11.2. The first-order valence-corrected chi connectivity index (χ1v) is 6.33. The number of rotatable bonds is 6. The van der Waals surface area contributed by atoms with Crippen LogP contribution >= 0.6 is 11.8 Å². The number of carbonyl (C=O) groups is 1. The van der Waals surface area contributed by atoms with Crippen molar-refractivity contribution in [1.29, 1.82) is 0 Å². The highest BCUT2D eigenvalue weighted by Crippen LogP contribution is 2.29. The van der Waals surface area contributed by atoms with Crippen LogP contribution in [0.5, 0.6) is 5.75 Å². The number of halogens is 3. The maximum absolute atomic E-state index is 11.9. The Bertz CT molecular complexity index is 409. The summed E-state index contributed by atoms with van der Waals surface area (Å²) in [6, 6.07) is 6.29. The van der Waals surface area contributed by atoms with Crippen molar-refractivity contribution in [2.75, 3.05) is 24.2 Å². The molecule has 0 saturated carbocycles. The predicted octanol–water partition coefficient (Wildman–Crippen LogP) is 2.22. The molecule has 1 aromatic carbocycles. The van der Waals surface area contributed by atoms with Crippen molar-refractivity contribution in [3.63, 3.8) is 0 Å². The van der Waals surface area contributed by atoms with E-state index < -0.39 is 17.2 Å². The van der Waals surface area contributed by atoms with Crippen LogP contribution in [-0.2, 0) is 4.79 Å². The monoisotopic (exact) mass is 294 g/mol. The molecule has 0 spiro atoms. The van der Waals surface area contributed by atoms with Gasteiger partial charge in [0.1, 0.15) is 12.4 Å². The van der Waals surface area contributed by atoms with Gasteiger partial charge < -0.3 is 15.8 Å². The lowest BCUT2D eigenvalue weighted by atomic mass is 10.3. The molecule has 1 rings (SSSR count). The summed E-state index contributed by atoms with van der Waals surface area (Å²) in [5, 5.41) is 2.36. The van der Waals surface area contributed by atoms with Gasteiger partial charge in [-0.3, -0.25) is 4.79 Å². The molecule has 0 aromatic heterocycles. The van der Waals surface area contributed by atoms with Crippen LogP contribution in [-0.4, -0.2) is 30.3 Å². The fourth-order valence-corrected chi connectivity index (χ4v) is 1.52. The second kappa shape index (κ2) is 7.25. The molecular weight excluding hydrogens is 281 g/mol. The zero-order valence-corrected chi connectivity index (χ0v) is 10.7. The number of nitrogens with two attached hydrogens (primary N) is 1. The van der Waals surface area contributed by atoms with Crippen molar-refractivity contribution in [2.45, 2.75) is 5.51 Å². The highest BCUT2D eigenvalue weighted by Gasteiger charge is 2.29. The summed E-state index contributed by atoms with van der Waals surface area (Å²) in [5.41, 5.74) is 1.27. The smallest absolute Gasteiger partial charge is 0.442 e. The summed E-state index contributed by atoms with van der Waals surface area (Å²) in [7, 11) is 0. The van der Waals surface area contributed by atoms with E-state index in [4.69, 9.17) is 10.5 Å². The molecule has 0 bridgehead atoms. The minimum absolute atomic E-state index is 0.369. The molecule has 3 N–H and O–H groups in total. The fraction of sp³-hybridized carbons (Fsp3) is 0.364. The highest BCUT2D eigenvalue weighted by molar-refractivity contribution is 8.00. The van der Waals surface area contributed by atoms with Crippen molar-refractivity contribution in [1.82, 2.24) is 0 Å². The lowest BCUT2D eigenvalue weighted by molar-refractivity contribution is -0.114. The summed E-state index contributed by atoms with van der Waals surface area (Å²) in [6.45, 7) is 0.751. The Morgan fingerprint density at radius 2 is 1.95 bits per heavy atom. The molecule has 0 saturated heterocycles. The minimum Gasteiger partial charge on any atom is -0.492 e. The zero-order valence-electron chi connectivity index (χ0n) is 9.87. The lowest BCUT2D eigenvalue weighted by Crippen LogP contribution is -2.17. The third-order valence-corrected chi connectivity index (χ3v) is 2.63. The van der Waals surface area contributed by atoms with Gasteiger partial charge in [0, 0.05) is 12.2 Å². The molecule has 0 atom stereocenters. The zero-order chi connectivity index (χ0) is 14.3. The minimum atomic E-state index is -4.41. The van der Waals surface area contributed by atoms with Gasteiger partial charge >= 0.3 is 5.51 Å². The number of benzene rings is 1. The molecule has 0 unspecified atom stereocenters. The third kappa shape index (κ3) is 6.92. The highest BCUT2D eigenvalue weighted by atomic mass is 32.2. The summed E-state index contributed by atoms with van der Waals surface area (Å²) < 4.78 is 40.9. The van der Waals surface area contributed by atoms with Gasteiger partial charge in [0.2, 0.25) is 5.91 Å². The number of carbonyl (C=O) groups excluding carboxylic acids is 1. The van der Waals surface area contributed by atoms with Gasteiger partial charge in [0.05, 0.1) is 5.75 Å². The maximum Gasteiger partial charge on any atom is 0.442 e. The van der Waals surface area contributed by atoms with Crippen LogP contribution in [0.15, 0.2) is 24.3 Å². The average Bonchev–Trinajstić information content (AvgIpc) is 2.35. The van der Waals surface area contributed by atoms with Crippen LogP contribution in [0.2, 0.25) is 0 Å². The molecular formula is C11H13F3N2O2S. The number of anilines is 1. The average molecular weight is 294 g/mol. The second-order valence-electron chi connectivity index (χ2n) is 3.44. The van der Waals surface area contributed by atoms with E-state index in [1.165, 1.54) is 0 Å². The topological polar surface area (TPSA) is 64.3 Å². The maximum atomic E-state index is 11.9. The fourth-order valence-electron chi connectivity index (χ4n) is 1.16. The second-order valence-corrected chi connectivity index (χ2v) is 4.48. The van der Waals surface area contributed by atoms with Gasteiger partial charge in [-0.05, 0) is 36.0 Å². The number of alkyl halides is 3. The molecule has 8 heteroatoms. The molecule has 0 aliphatic carbocycles. The Morgan fingerprint density at radius 3 is 2.47 bits per heavy atom. The largest absolute Gasteiger partial charge is 0.492 e. The number of hydrogen-bond donors (Lipinski definition) is 2.